The third kappa shape index (κ3) is 5.94. The van der Waals surface area contributed by atoms with Crippen LogP contribution < -0.4 is 19.5 Å². The molecule has 170 valence electrons. The normalized spacial score (nSPS) is 10.8. The van der Waals surface area contributed by atoms with Crippen molar-refractivity contribution in [2.45, 2.75) is 26.9 Å². The molecule has 9 heteroatoms. The first-order chi connectivity index (χ1) is 15.4. The maximum Gasteiger partial charge on any atom is 0.387 e. The maximum absolute atomic E-state index is 12.6. The first-order valence-electron chi connectivity index (χ1n) is 10.0. The molecular formula is C23H24F2N2O4S. The van der Waals surface area contributed by atoms with Gasteiger partial charge in [-0.3, -0.25) is 4.79 Å². The van der Waals surface area contributed by atoms with Crippen molar-refractivity contribution in [3.05, 3.63) is 58.6 Å². The minimum atomic E-state index is -2.95. The lowest BCUT2D eigenvalue weighted by atomic mass is 10.1. The van der Waals surface area contributed by atoms with Crippen LogP contribution in [0, 0.1) is 6.92 Å². The van der Waals surface area contributed by atoms with Crippen LogP contribution in [0.5, 0.6) is 17.2 Å². The van der Waals surface area contributed by atoms with E-state index in [9.17, 15) is 13.6 Å². The lowest BCUT2D eigenvalue weighted by Crippen LogP contribution is -2.25. The Bertz CT molecular complexity index is 1050. The average Bonchev–Trinajstić information content (AvgIpc) is 3.16. The summed E-state index contributed by atoms with van der Waals surface area (Å²) in [5, 5.41) is 3.61. The zero-order chi connectivity index (χ0) is 23.1. The number of benzene rings is 2. The van der Waals surface area contributed by atoms with Gasteiger partial charge in [-0.2, -0.15) is 8.78 Å². The van der Waals surface area contributed by atoms with Crippen molar-refractivity contribution in [3.63, 3.8) is 0 Å². The first kappa shape index (κ1) is 23.5. The van der Waals surface area contributed by atoms with E-state index in [4.69, 9.17) is 9.47 Å². The van der Waals surface area contributed by atoms with Gasteiger partial charge in [0.1, 0.15) is 15.6 Å². The monoisotopic (exact) mass is 462 g/mol. The van der Waals surface area contributed by atoms with Crippen LogP contribution in [0.3, 0.4) is 0 Å². The molecule has 6 nitrogen and oxygen atoms in total. The average molecular weight is 463 g/mol. The highest BCUT2D eigenvalue weighted by atomic mass is 32.1. The van der Waals surface area contributed by atoms with E-state index in [0.29, 0.717) is 30.1 Å². The van der Waals surface area contributed by atoms with Gasteiger partial charge in [0.25, 0.3) is 5.91 Å². The van der Waals surface area contributed by atoms with Crippen LogP contribution in [-0.2, 0) is 6.42 Å². The molecule has 0 unspecified atom stereocenters. The van der Waals surface area contributed by atoms with Gasteiger partial charge in [0.15, 0.2) is 11.5 Å². The molecule has 0 atom stereocenters. The number of hydrogen-bond acceptors (Lipinski definition) is 6. The minimum Gasteiger partial charge on any atom is -0.494 e. The molecule has 32 heavy (non-hydrogen) atoms. The summed E-state index contributed by atoms with van der Waals surface area (Å²) in [6.07, 6.45) is 0.443. The molecule has 3 aromatic rings. The number of hydrogen-bond donors (Lipinski definition) is 1. The van der Waals surface area contributed by atoms with E-state index in [2.05, 4.69) is 15.0 Å². The fourth-order valence-corrected chi connectivity index (χ4v) is 4.04. The highest BCUT2D eigenvalue weighted by Crippen LogP contribution is 2.30. The molecule has 0 radical (unpaired) electrons. The zero-order valence-electron chi connectivity index (χ0n) is 18.0. The van der Waals surface area contributed by atoms with Gasteiger partial charge in [-0.1, -0.05) is 6.07 Å². The minimum absolute atomic E-state index is 0.0374. The lowest BCUT2D eigenvalue weighted by molar-refractivity contribution is -0.0512. The molecule has 1 amide bonds. The van der Waals surface area contributed by atoms with Gasteiger partial charge in [-0.05, 0) is 62.2 Å². The summed E-state index contributed by atoms with van der Waals surface area (Å²) in [7, 11) is 1.38. The second-order valence-corrected chi connectivity index (χ2v) is 7.76. The highest BCUT2D eigenvalue weighted by Gasteiger charge is 2.16. The Labute approximate surface area is 189 Å². The summed E-state index contributed by atoms with van der Waals surface area (Å²) in [5.41, 5.74) is 2.29. The fourth-order valence-electron chi connectivity index (χ4n) is 3.06. The van der Waals surface area contributed by atoms with Crippen molar-refractivity contribution in [1.82, 2.24) is 10.3 Å². The number of halogens is 2. The molecule has 3 rings (SSSR count). The van der Waals surface area contributed by atoms with E-state index >= 15 is 0 Å². The number of ether oxygens (including phenoxy) is 3. The summed E-state index contributed by atoms with van der Waals surface area (Å²) in [5.74, 6) is 0.739. The molecule has 0 aliphatic heterocycles. The third-order valence-corrected chi connectivity index (χ3v) is 5.76. The van der Waals surface area contributed by atoms with Crippen molar-refractivity contribution in [2.75, 3.05) is 20.3 Å². The molecule has 1 heterocycles. The number of aromatic nitrogens is 1. The molecule has 0 aliphatic carbocycles. The van der Waals surface area contributed by atoms with Crippen LogP contribution in [0.2, 0.25) is 0 Å². The van der Waals surface area contributed by atoms with Gasteiger partial charge >= 0.3 is 6.61 Å². The summed E-state index contributed by atoms with van der Waals surface area (Å²) >= 11 is 1.32. The number of rotatable bonds is 10. The van der Waals surface area contributed by atoms with Crippen LogP contribution in [0.15, 0.2) is 42.5 Å². The molecule has 0 spiro atoms. The third-order valence-electron chi connectivity index (χ3n) is 4.56. The molecule has 0 fully saturated rings. The summed E-state index contributed by atoms with van der Waals surface area (Å²) in [6.45, 7) is 1.69. The molecule has 2 aromatic carbocycles. The predicted molar refractivity (Wildman–Crippen MR) is 119 cm³/mol. The Morgan fingerprint density at radius 2 is 1.91 bits per heavy atom. The number of carbonyl (C=O) groups excluding carboxylic acids is 1. The SMILES string of the molecule is CCOc1ccc(-c2nc(C)c(C(=O)NCCc3ccc(OC)c(OC(F)F)c3)s2)cc1. The predicted octanol–water partition coefficient (Wildman–Crippen LogP) is 5.10. The summed E-state index contributed by atoms with van der Waals surface area (Å²) < 4.78 is 40.1. The molecule has 0 aliphatic rings. The number of nitrogens with one attached hydrogen (secondary N) is 1. The number of methoxy groups -OCH3 is 1. The largest absolute Gasteiger partial charge is 0.494 e. The second-order valence-electron chi connectivity index (χ2n) is 6.76. The van der Waals surface area contributed by atoms with Crippen molar-refractivity contribution in [3.8, 4) is 27.8 Å². The summed E-state index contributed by atoms with van der Waals surface area (Å²) in [6, 6.07) is 12.4. The summed E-state index contributed by atoms with van der Waals surface area (Å²) in [4.78, 5) is 17.7. The van der Waals surface area contributed by atoms with Gasteiger partial charge in [-0.15, -0.1) is 11.3 Å². The van der Waals surface area contributed by atoms with Crippen LogP contribution in [0.4, 0.5) is 8.78 Å². The molecule has 1 aromatic heterocycles. The smallest absolute Gasteiger partial charge is 0.387 e. The number of nitrogens with zero attached hydrogens (tertiary/aromatic N) is 1. The van der Waals surface area contributed by atoms with E-state index in [1.807, 2.05) is 31.2 Å². The first-order valence-corrected chi connectivity index (χ1v) is 10.8. The Balaban J connectivity index is 1.62. The zero-order valence-corrected chi connectivity index (χ0v) is 18.8. The fraction of sp³-hybridized carbons (Fsp3) is 0.304. The van der Waals surface area contributed by atoms with E-state index in [1.54, 1.807) is 19.1 Å². The number of aryl methyl sites for hydroxylation is 1. The van der Waals surface area contributed by atoms with E-state index in [-0.39, 0.29) is 17.4 Å². The number of thiazole rings is 1. The van der Waals surface area contributed by atoms with E-state index in [1.165, 1.54) is 24.5 Å². The van der Waals surface area contributed by atoms with Gasteiger partial charge < -0.3 is 19.5 Å². The van der Waals surface area contributed by atoms with Gasteiger partial charge in [-0.25, -0.2) is 4.98 Å². The van der Waals surface area contributed by atoms with Crippen LogP contribution in [0.25, 0.3) is 10.6 Å². The Morgan fingerprint density at radius 3 is 2.56 bits per heavy atom. The van der Waals surface area contributed by atoms with Crippen molar-refractivity contribution in [2.24, 2.45) is 0 Å². The standard InChI is InChI=1S/C23H24F2N2O4S/c1-4-30-17-8-6-16(7-9-17)22-27-14(2)20(32-22)21(28)26-12-11-15-5-10-18(29-3)19(13-15)31-23(24)25/h5-10,13,23H,4,11-12H2,1-3H3,(H,26,28). The number of carbonyl (C=O) groups is 1. The molecule has 0 saturated carbocycles. The van der Waals surface area contributed by atoms with Gasteiger partial charge in [0.2, 0.25) is 0 Å². The van der Waals surface area contributed by atoms with E-state index in [0.717, 1.165) is 21.9 Å². The van der Waals surface area contributed by atoms with Crippen molar-refractivity contribution in [1.29, 1.82) is 0 Å². The highest BCUT2D eigenvalue weighted by molar-refractivity contribution is 7.17. The topological polar surface area (TPSA) is 69.7 Å². The van der Waals surface area contributed by atoms with Crippen LogP contribution in [0.1, 0.15) is 27.9 Å². The van der Waals surface area contributed by atoms with Crippen molar-refractivity contribution < 1.29 is 27.8 Å². The maximum atomic E-state index is 12.6. The molecule has 1 N–H and O–H groups in total. The van der Waals surface area contributed by atoms with Crippen LogP contribution >= 0.6 is 11.3 Å². The van der Waals surface area contributed by atoms with Crippen molar-refractivity contribution >= 4 is 17.2 Å². The molecule has 0 bridgehead atoms. The number of amides is 1. The van der Waals surface area contributed by atoms with Gasteiger partial charge in [0, 0.05) is 12.1 Å². The molecular weight excluding hydrogens is 438 g/mol. The van der Waals surface area contributed by atoms with E-state index < -0.39 is 6.61 Å². The Hall–Kier alpha value is -3.20. The lowest BCUT2D eigenvalue weighted by Gasteiger charge is -2.11. The Morgan fingerprint density at radius 1 is 1.16 bits per heavy atom. The second kappa shape index (κ2) is 10.9. The number of alkyl halides is 2. The van der Waals surface area contributed by atoms with Gasteiger partial charge in [0.05, 0.1) is 19.4 Å². The molecule has 0 saturated heterocycles. The Kier molecular flexibility index (Phi) is 7.99. The van der Waals surface area contributed by atoms with Crippen LogP contribution in [-0.4, -0.2) is 37.8 Å². The quantitative estimate of drug-likeness (QED) is 0.454.